The Morgan fingerprint density at radius 3 is 2.67 bits per heavy atom. The zero-order chi connectivity index (χ0) is 22.3. The van der Waals surface area contributed by atoms with E-state index in [0.717, 1.165) is 49.2 Å². The maximum Gasteiger partial charge on any atom is 0.191 e. The summed E-state index contributed by atoms with van der Waals surface area (Å²) in [6.07, 6.45) is 4.57. The molecular weight excluding hydrogens is 527 g/mol. The first kappa shape index (κ1) is 25.3. The molecule has 2 aromatic heterocycles. The van der Waals surface area contributed by atoms with Crippen LogP contribution in [0.1, 0.15) is 42.8 Å². The van der Waals surface area contributed by atoms with Crippen LogP contribution in [0.3, 0.4) is 0 Å². The molecule has 2 N–H and O–H groups in total. The highest BCUT2D eigenvalue weighted by atomic mass is 127. The molecule has 1 aliphatic rings. The van der Waals surface area contributed by atoms with Gasteiger partial charge in [0.25, 0.3) is 0 Å². The molecule has 4 rings (SSSR count). The number of hydrogen-bond donors (Lipinski definition) is 2. The molecule has 1 aliphatic heterocycles. The molecule has 1 fully saturated rings. The summed E-state index contributed by atoms with van der Waals surface area (Å²) in [6, 6.07) is 14.8. The Labute approximate surface area is 213 Å². The van der Waals surface area contributed by atoms with Gasteiger partial charge in [0, 0.05) is 25.0 Å². The highest BCUT2D eigenvalue weighted by Gasteiger charge is 2.24. The van der Waals surface area contributed by atoms with Gasteiger partial charge < -0.3 is 19.8 Å². The number of benzene rings is 1. The van der Waals surface area contributed by atoms with Crippen LogP contribution in [0.25, 0.3) is 5.65 Å². The van der Waals surface area contributed by atoms with E-state index in [2.05, 4.69) is 64.2 Å². The molecule has 1 atom stereocenters. The number of likely N-dealkylation sites (tertiary alicyclic amines) is 1. The van der Waals surface area contributed by atoms with Crippen LogP contribution in [0.5, 0.6) is 5.75 Å². The number of fused-ring (bicyclic) bond motifs is 1. The number of aryl methyl sites for hydroxylation is 1. The lowest BCUT2D eigenvalue weighted by molar-refractivity contribution is 0.245. The largest absolute Gasteiger partial charge is 0.497 e. The van der Waals surface area contributed by atoms with Gasteiger partial charge in [-0.15, -0.1) is 24.0 Å². The molecule has 1 unspecified atom stereocenters. The molecule has 33 heavy (non-hydrogen) atoms. The van der Waals surface area contributed by atoms with Crippen molar-refractivity contribution in [3.05, 3.63) is 65.6 Å². The van der Waals surface area contributed by atoms with E-state index < -0.39 is 0 Å². The van der Waals surface area contributed by atoms with Crippen molar-refractivity contribution in [2.24, 2.45) is 4.99 Å². The Bertz CT molecular complexity index is 1060. The maximum absolute atomic E-state index is 5.47. The van der Waals surface area contributed by atoms with Crippen molar-refractivity contribution in [3.8, 4) is 5.75 Å². The molecule has 3 aromatic rings. The van der Waals surface area contributed by atoms with Crippen molar-refractivity contribution < 1.29 is 4.74 Å². The van der Waals surface area contributed by atoms with Gasteiger partial charge in [-0.2, -0.15) is 0 Å². The van der Waals surface area contributed by atoms with E-state index in [1.54, 1.807) is 7.11 Å². The zero-order valence-corrected chi connectivity index (χ0v) is 22.1. The molecule has 0 spiro atoms. The third-order valence-corrected chi connectivity index (χ3v) is 6.01. The minimum absolute atomic E-state index is 0. The van der Waals surface area contributed by atoms with Gasteiger partial charge in [-0.3, -0.25) is 4.90 Å². The maximum atomic E-state index is 5.47. The number of nitrogens with zero attached hydrogens (tertiary/aromatic N) is 4. The summed E-state index contributed by atoms with van der Waals surface area (Å²) in [5, 5.41) is 6.95. The third-order valence-electron chi connectivity index (χ3n) is 6.01. The van der Waals surface area contributed by atoms with E-state index in [1.165, 1.54) is 24.1 Å². The summed E-state index contributed by atoms with van der Waals surface area (Å²) in [7, 11) is 1.72. The molecular formula is C25H35IN6O. The summed E-state index contributed by atoms with van der Waals surface area (Å²) in [4.78, 5) is 12.1. The lowest BCUT2D eigenvalue weighted by Gasteiger charge is -2.29. The number of halogens is 1. The number of guanidine groups is 1. The fourth-order valence-corrected chi connectivity index (χ4v) is 4.33. The number of aliphatic imine (C=N–C) groups is 1. The number of imidazole rings is 1. The summed E-state index contributed by atoms with van der Waals surface area (Å²) in [5.41, 5.74) is 4.35. The third kappa shape index (κ3) is 6.38. The molecule has 3 heterocycles. The van der Waals surface area contributed by atoms with Crippen LogP contribution in [0, 0.1) is 6.92 Å². The van der Waals surface area contributed by atoms with Crippen molar-refractivity contribution in [1.29, 1.82) is 0 Å². The second kappa shape index (κ2) is 12.2. The van der Waals surface area contributed by atoms with Gasteiger partial charge in [0.05, 0.1) is 25.4 Å². The Hall–Kier alpha value is -2.33. The smallest absolute Gasteiger partial charge is 0.191 e. The van der Waals surface area contributed by atoms with Gasteiger partial charge >= 0.3 is 0 Å². The minimum atomic E-state index is 0. The topological polar surface area (TPSA) is 66.2 Å². The van der Waals surface area contributed by atoms with Gasteiger partial charge in [-0.05, 0) is 69.6 Å². The SMILES string of the molecule is CCNC(=NCc1cn2c(C)cccc2n1)NCC(c1cccc(OC)c1)N1CCCC1.I. The fraction of sp³-hybridized carbons (Fsp3) is 0.440. The highest BCUT2D eigenvalue weighted by Crippen LogP contribution is 2.27. The molecule has 0 amide bonds. The zero-order valence-electron chi connectivity index (χ0n) is 19.8. The molecule has 178 valence electrons. The molecule has 7 nitrogen and oxygen atoms in total. The van der Waals surface area contributed by atoms with Crippen LogP contribution in [0.2, 0.25) is 0 Å². The summed E-state index contributed by atoms with van der Waals surface area (Å²) >= 11 is 0. The number of rotatable bonds is 8. The predicted octanol–water partition coefficient (Wildman–Crippen LogP) is 4.16. The lowest BCUT2D eigenvalue weighted by Crippen LogP contribution is -2.42. The van der Waals surface area contributed by atoms with E-state index in [4.69, 9.17) is 14.7 Å². The summed E-state index contributed by atoms with van der Waals surface area (Å²) < 4.78 is 7.58. The first-order chi connectivity index (χ1) is 15.7. The molecule has 1 aromatic carbocycles. The van der Waals surface area contributed by atoms with E-state index in [-0.39, 0.29) is 30.0 Å². The van der Waals surface area contributed by atoms with Crippen LogP contribution in [0.15, 0.2) is 53.7 Å². The van der Waals surface area contributed by atoms with Crippen molar-refractivity contribution in [1.82, 2.24) is 24.9 Å². The molecule has 0 aliphatic carbocycles. The van der Waals surface area contributed by atoms with Crippen LogP contribution in [0.4, 0.5) is 0 Å². The van der Waals surface area contributed by atoms with Crippen LogP contribution >= 0.6 is 24.0 Å². The van der Waals surface area contributed by atoms with Gasteiger partial charge in [0.15, 0.2) is 5.96 Å². The van der Waals surface area contributed by atoms with E-state index in [1.807, 2.05) is 18.2 Å². The number of aromatic nitrogens is 2. The summed E-state index contributed by atoms with van der Waals surface area (Å²) in [6.45, 7) is 8.54. The quantitative estimate of drug-likeness (QED) is 0.245. The van der Waals surface area contributed by atoms with Crippen molar-refractivity contribution >= 4 is 35.6 Å². The van der Waals surface area contributed by atoms with E-state index in [9.17, 15) is 0 Å². The second-order valence-corrected chi connectivity index (χ2v) is 8.24. The van der Waals surface area contributed by atoms with Crippen LogP contribution < -0.4 is 15.4 Å². The number of ether oxygens (including phenoxy) is 1. The van der Waals surface area contributed by atoms with Crippen molar-refractivity contribution in [2.75, 3.05) is 33.3 Å². The lowest BCUT2D eigenvalue weighted by atomic mass is 10.1. The number of hydrogen-bond acceptors (Lipinski definition) is 4. The average Bonchev–Trinajstić information content (AvgIpc) is 3.48. The highest BCUT2D eigenvalue weighted by molar-refractivity contribution is 14.0. The monoisotopic (exact) mass is 562 g/mol. The Balaban J connectivity index is 0.00000306. The van der Waals surface area contributed by atoms with Crippen molar-refractivity contribution in [3.63, 3.8) is 0 Å². The standard InChI is InChI=1S/C25H34N6O.HI/c1-4-26-25(27-16-21-18-31-19(2)9-7-12-24(31)29-21)28-17-23(30-13-5-6-14-30)20-10-8-11-22(15-20)32-3;/h7-12,15,18,23H,4-6,13-14,16-17H2,1-3H3,(H2,26,27,28);1H. The van der Waals surface area contributed by atoms with Crippen LogP contribution in [-0.2, 0) is 6.54 Å². The Morgan fingerprint density at radius 2 is 1.94 bits per heavy atom. The molecule has 0 saturated carbocycles. The van der Waals surface area contributed by atoms with Crippen molar-refractivity contribution in [2.45, 2.75) is 39.3 Å². The first-order valence-electron chi connectivity index (χ1n) is 11.5. The van der Waals surface area contributed by atoms with E-state index >= 15 is 0 Å². The second-order valence-electron chi connectivity index (χ2n) is 8.24. The molecule has 0 radical (unpaired) electrons. The number of nitrogens with one attached hydrogen (secondary N) is 2. The van der Waals surface area contributed by atoms with Gasteiger partial charge in [0.2, 0.25) is 0 Å². The average molecular weight is 563 g/mol. The minimum Gasteiger partial charge on any atom is -0.497 e. The fourth-order valence-electron chi connectivity index (χ4n) is 4.33. The van der Waals surface area contributed by atoms with E-state index in [0.29, 0.717) is 6.54 Å². The Morgan fingerprint density at radius 1 is 1.15 bits per heavy atom. The molecule has 0 bridgehead atoms. The van der Waals surface area contributed by atoms with Gasteiger partial charge in [-0.1, -0.05) is 18.2 Å². The molecule has 1 saturated heterocycles. The number of pyridine rings is 1. The van der Waals surface area contributed by atoms with Crippen LogP contribution in [-0.4, -0.2) is 53.5 Å². The van der Waals surface area contributed by atoms with Gasteiger partial charge in [0.1, 0.15) is 11.4 Å². The normalized spacial score (nSPS) is 15.3. The summed E-state index contributed by atoms with van der Waals surface area (Å²) in [5.74, 6) is 1.71. The number of methoxy groups -OCH3 is 1. The predicted molar refractivity (Wildman–Crippen MR) is 145 cm³/mol. The molecule has 8 heteroatoms. The Kier molecular flexibility index (Phi) is 9.37. The van der Waals surface area contributed by atoms with Gasteiger partial charge in [-0.25, -0.2) is 9.98 Å². The first-order valence-corrected chi connectivity index (χ1v) is 11.5.